The molecular weight excluding hydrogens is 250 g/mol. The molecule has 0 saturated heterocycles. The van der Waals surface area contributed by atoms with Gasteiger partial charge in [-0.25, -0.2) is 8.42 Å². The zero-order valence-electron chi connectivity index (χ0n) is 10.1. The normalized spacial score (nSPS) is 11.6. The first-order valence-electron chi connectivity index (χ1n) is 5.55. The molecular formula is C12H15N3O2S. The molecule has 2 aromatic rings. The SMILES string of the molecule is Cc1cc(S(=O)(=O)CCn2cccn2)ccc1N. The Labute approximate surface area is 106 Å². The lowest BCUT2D eigenvalue weighted by molar-refractivity contribution is 0.580. The molecule has 96 valence electrons. The van der Waals surface area contributed by atoms with Gasteiger partial charge in [-0.15, -0.1) is 0 Å². The molecule has 0 saturated carbocycles. The Morgan fingerprint density at radius 3 is 2.78 bits per heavy atom. The Morgan fingerprint density at radius 2 is 2.17 bits per heavy atom. The minimum absolute atomic E-state index is 0.0258. The van der Waals surface area contributed by atoms with Gasteiger partial charge in [0.25, 0.3) is 0 Å². The Bertz CT molecular complexity index is 633. The lowest BCUT2D eigenvalue weighted by Crippen LogP contribution is -2.13. The third-order valence-corrected chi connectivity index (χ3v) is 4.44. The van der Waals surface area contributed by atoms with Crippen LogP contribution in [-0.4, -0.2) is 24.0 Å². The Balaban J connectivity index is 2.17. The molecule has 0 fully saturated rings. The highest BCUT2D eigenvalue weighted by Crippen LogP contribution is 2.18. The van der Waals surface area contributed by atoms with E-state index in [9.17, 15) is 8.42 Å². The van der Waals surface area contributed by atoms with Gasteiger partial charge in [0.05, 0.1) is 17.2 Å². The number of sulfone groups is 1. The molecule has 0 atom stereocenters. The summed E-state index contributed by atoms with van der Waals surface area (Å²) in [5.74, 6) is 0.0258. The Morgan fingerprint density at radius 1 is 1.39 bits per heavy atom. The third kappa shape index (κ3) is 2.70. The molecule has 1 heterocycles. The molecule has 5 nitrogen and oxygen atoms in total. The van der Waals surface area contributed by atoms with Crippen LogP contribution in [0.25, 0.3) is 0 Å². The van der Waals surface area contributed by atoms with E-state index >= 15 is 0 Å². The maximum Gasteiger partial charge on any atom is 0.180 e. The van der Waals surface area contributed by atoms with Gasteiger partial charge in [-0.3, -0.25) is 4.68 Å². The molecule has 2 N–H and O–H groups in total. The minimum Gasteiger partial charge on any atom is -0.399 e. The summed E-state index contributed by atoms with van der Waals surface area (Å²) in [7, 11) is -3.29. The smallest absolute Gasteiger partial charge is 0.180 e. The summed E-state index contributed by atoms with van der Waals surface area (Å²) in [5.41, 5.74) is 7.05. The van der Waals surface area contributed by atoms with Gasteiger partial charge in [-0.05, 0) is 36.8 Å². The summed E-state index contributed by atoms with van der Waals surface area (Å²) in [6.07, 6.45) is 3.36. The number of benzene rings is 1. The number of nitrogens with zero attached hydrogens (tertiary/aromatic N) is 2. The van der Waals surface area contributed by atoms with Crippen LogP contribution in [0.4, 0.5) is 5.69 Å². The van der Waals surface area contributed by atoms with Gasteiger partial charge in [0.15, 0.2) is 9.84 Å². The summed E-state index contributed by atoms with van der Waals surface area (Å²) >= 11 is 0. The quantitative estimate of drug-likeness (QED) is 0.844. The second-order valence-electron chi connectivity index (χ2n) is 4.11. The van der Waals surface area contributed by atoms with Crippen molar-refractivity contribution in [3.05, 3.63) is 42.2 Å². The van der Waals surface area contributed by atoms with Crippen molar-refractivity contribution in [3.8, 4) is 0 Å². The van der Waals surface area contributed by atoms with Gasteiger partial charge >= 0.3 is 0 Å². The molecule has 0 amide bonds. The highest BCUT2D eigenvalue weighted by atomic mass is 32.2. The topological polar surface area (TPSA) is 78.0 Å². The number of anilines is 1. The molecule has 0 aliphatic heterocycles. The average molecular weight is 265 g/mol. The van der Waals surface area contributed by atoms with Gasteiger partial charge in [0, 0.05) is 18.1 Å². The van der Waals surface area contributed by atoms with Crippen LogP contribution >= 0.6 is 0 Å². The molecule has 1 aromatic heterocycles. The fourth-order valence-electron chi connectivity index (χ4n) is 1.61. The summed E-state index contributed by atoms with van der Waals surface area (Å²) < 4.78 is 25.8. The minimum atomic E-state index is -3.29. The molecule has 0 aliphatic rings. The monoisotopic (exact) mass is 265 g/mol. The van der Waals surface area contributed by atoms with E-state index < -0.39 is 9.84 Å². The second kappa shape index (κ2) is 4.81. The van der Waals surface area contributed by atoms with Crippen LogP contribution < -0.4 is 5.73 Å². The number of hydrogen-bond donors (Lipinski definition) is 1. The zero-order valence-corrected chi connectivity index (χ0v) is 10.9. The number of aromatic nitrogens is 2. The molecule has 0 radical (unpaired) electrons. The van der Waals surface area contributed by atoms with Crippen molar-refractivity contribution in [2.75, 3.05) is 11.5 Å². The van der Waals surface area contributed by atoms with Crippen molar-refractivity contribution in [3.63, 3.8) is 0 Å². The molecule has 0 spiro atoms. The first kappa shape index (κ1) is 12.6. The van der Waals surface area contributed by atoms with E-state index in [0.29, 0.717) is 17.1 Å². The van der Waals surface area contributed by atoms with Gasteiger partial charge in [-0.1, -0.05) is 0 Å². The van der Waals surface area contributed by atoms with Crippen LogP contribution in [0.1, 0.15) is 5.56 Å². The van der Waals surface area contributed by atoms with Crippen LogP contribution in [0, 0.1) is 6.92 Å². The number of nitrogens with two attached hydrogens (primary N) is 1. The number of aryl methyl sites for hydroxylation is 2. The number of rotatable bonds is 4. The van der Waals surface area contributed by atoms with Crippen molar-refractivity contribution >= 4 is 15.5 Å². The summed E-state index contributed by atoms with van der Waals surface area (Å²) in [6.45, 7) is 2.14. The predicted octanol–water partition coefficient (Wildman–Crippen LogP) is 1.25. The van der Waals surface area contributed by atoms with Gasteiger partial charge in [0.1, 0.15) is 0 Å². The number of hydrogen-bond acceptors (Lipinski definition) is 4. The van der Waals surface area contributed by atoms with Gasteiger partial charge in [0.2, 0.25) is 0 Å². The lowest BCUT2D eigenvalue weighted by Gasteiger charge is -2.07. The van der Waals surface area contributed by atoms with Crippen LogP contribution in [0.2, 0.25) is 0 Å². The molecule has 0 unspecified atom stereocenters. The highest BCUT2D eigenvalue weighted by molar-refractivity contribution is 7.91. The highest BCUT2D eigenvalue weighted by Gasteiger charge is 2.15. The molecule has 0 aliphatic carbocycles. The lowest BCUT2D eigenvalue weighted by atomic mass is 10.2. The maximum absolute atomic E-state index is 12.1. The second-order valence-corrected chi connectivity index (χ2v) is 6.22. The summed E-state index contributed by atoms with van der Waals surface area (Å²) in [6, 6.07) is 6.53. The third-order valence-electron chi connectivity index (χ3n) is 2.75. The van der Waals surface area contributed by atoms with Crippen LogP contribution in [-0.2, 0) is 16.4 Å². The fraction of sp³-hybridized carbons (Fsp3) is 0.250. The van der Waals surface area contributed by atoms with E-state index in [2.05, 4.69) is 5.10 Å². The summed E-state index contributed by atoms with van der Waals surface area (Å²) in [5, 5.41) is 3.98. The average Bonchev–Trinajstić information content (AvgIpc) is 2.83. The van der Waals surface area contributed by atoms with Crippen molar-refractivity contribution in [2.24, 2.45) is 0 Å². The van der Waals surface area contributed by atoms with Crippen LogP contribution in [0.15, 0.2) is 41.6 Å². The van der Waals surface area contributed by atoms with E-state index in [-0.39, 0.29) is 5.75 Å². The van der Waals surface area contributed by atoms with E-state index in [4.69, 9.17) is 5.73 Å². The van der Waals surface area contributed by atoms with Crippen LogP contribution in [0.5, 0.6) is 0 Å². The van der Waals surface area contributed by atoms with Crippen molar-refractivity contribution < 1.29 is 8.42 Å². The van der Waals surface area contributed by atoms with Crippen molar-refractivity contribution in [1.82, 2.24) is 9.78 Å². The molecule has 0 bridgehead atoms. The van der Waals surface area contributed by atoms with Crippen molar-refractivity contribution in [2.45, 2.75) is 18.4 Å². The number of nitrogen functional groups attached to an aromatic ring is 1. The Hall–Kier alpha value is -1.82. The largest absolute Gasteiger partial charge is 0.399 e. The maximum atomic E-state index is 12.1. The molecule has 2 rings (SSSR count). The van der Waals surface area contributed by atoms with Gasteiger partial charge < -0.3 is 5.73 Å². The Kier molecular flexibility index (Phi) is 3.38. The van der Waals surface area contributed by atoms with E-state index in [1.165, 1.54) is 0 Å². The fourth-order valence-corrected chi connectivity index (χ4v) is 2.90. The van der Waals surface area contributed by atoms with Crippen LogP contribution in [0.3, 0.4) is 0 Å². The van der Waals surface area contributed by atoms with E-state index in [0.717, 1.165) is 5.56 Å². The predicted molar refractivity (Wildman–Crippen MR) is 69.9 cm³/mol. The first-order chi connectivity index (χ1) is 8.49. The molecule has 6 heteroatoms. The summed E-state index contributed by atoms with van der Waals surface area (Å²) in [4.78, 5) is 0.307. The van der Waals surface area contributed by atoms with E-state index in [1.807, 2.05) is 0 Å². The zero-order chi connectivity index (χ0) is 13.2. The standard InChI is InChI=1S/C12H15N3O2S/c1-10-9-11(3-4-12(10)13)18(16,17)8-7-15-6-2-5-14-15/h2-6,9H,7-8,13H2,1H3. The molecule has 18 heavy (non-hydrogen) atoms. The first-order valence-corrected chi connectivity index (χ1v) is 7.20. The van der Waals surface area contributed by atoms with E-state index in [1.54, 1.807) is 48.3 Å². The molecule has 1 aromatic carbocycles. The van der Waals surface area contributed by atoms with Gasteiger partial charge in [-0.2, -0.15) is 5.10 Å². The van der Waals surface area contributed by atoms with Crippen molar-refractivity contribution in [1.29, 1.82) is 0 Å².